The summed E-state index contributed by atoms with van der Waals surface area (Å²) in [5.74, 6) is -0.551. The van der Waals surface area contributed by atoms with E-state index < -0.39 is 11.8 Å². The molecule has 1 fully saturated rings. The first-order valence-corrected chi connectivity index (χ1v) is 9.43. The van der Waals surface area contributed by atoms with Crippen LogP contribution < -0.4 is 10.2 Å². The van der Waals surface area contributed by atoms with Crippen molar-refractivity contribution in [2.45, 2.75) is 0 Å². The van der Waals surface area contributed by atoms with Crippen molar-refractivity contribution >= 4 is 46.2 Å². The Morgan fingerprint density at radius 2 is 1.96 bits per heavy atom. The van der Waals surface area contributed by atoms with Gasteiger partial charge in [-0.3, -0.25) is 15.0 Å². The molecule has 0 unspecified atom stereocenters. The van der Waals surface area contributed by atoms with E-state index in [0.29, 0.717) is 17.3 Å². The molecule has 2 aromatic carbocycles. The van der Waals surface area contributed by atoms with Crippen LogP contribution in [0.25, 0.3) is 6.08 Å². The molecule has 2 N–H and O–H groups in total. The zero-order valence-electron chi connectivity index (χ0n) is 14.6. The van der Waals surface area contributed by atoms with Crippen molar-refractivity contribution in [3.8, 4) is 11.5 Å². The molecular formula is C20H16N2O4S2. The fraction of sp³-hybridized carbons (Fsp3) is 0.0500. The van der Waals surface area contributed by atoms with Crippen molar-refractivity contribution in [3.05, 3.63) is 77.2 Å². The first kappa shape index (κ1) is 19.7. The number of hydrogen-bond acceptors (Lipinski definition) is 6. The third-order valence-electron chi connectivity index (χ3n) is 3.70. The van der Waals surface area contributed by atoms with Crippen LogP contribution in [0.3, 0.4) is 0 Å². The molecule has 3 rings (SSSR count). The summed E-state index contributed by atoms with van der Waals surface area (Å²) in [6, 6.07) is 13.3. The number of thioether (sulfide) groups is 1. The van der Waals surface area contributed by atoms with E-state index in [4.69, 9.17) is 17.0 Å². The Balaban J connectivity index is 1.72. The quantitative estimate of drug-likeness (QED) is 0.430. The molecular weight excluding hydrogens is 396 g/mol. The average molecular weight is 412 g/mol. The van der Waals surface area contributed by atoms with Crippen molar-refractivity contribution in [2.24, 2.45) is 0 Å². The van der Waals surface area contributed by atoms with Crippen LogP contribution in [0.2, 0.25) is 0 Å². The van der Waals surface area contributed by atoms with Gasteiger partial charge in [-0.1, -0.05) is 48.7 Å². The lowest BCUT2D eigenvalue weighted by Crippen LogP contribution is -2.44. The molecule has 0 aliphatic carbocycles. The molecule has 6 nitrogen and oxygen atoms in total. The van der Waals surface area contributed by atoms with Crippen LogP contribution in [-0.2, 0) is 4.79 Å². The van der Waals surface area contributed by atoms with Crippen LogP contribution in [-0.4, -0.2) is 32.9 Å². The third kappa shape index (κ3) is 4.41. The molecule has 142 valence electrons. The van der Waals surface area contributed by atoms with Gasteiger partial charge in [-0.2, -0.15) is 5.01 Å². The Morgan fingerprint density at radius 3 is 2.64 bits per heavy atom. The van der Waals surface area contributed by atoms with Gasteiger partial charge in [-0.05, 0) is 48.1 Å². The Kier molecular flexibility index (Phi) is 6.13. The Labute approximate surface area is 171 Å². The number of thiocarbonyl (C=S) groups is 1. The summed E-state index contributed by atoms with van der Waals surface area (Å²) in [5.41, 5.74) is 3.28. The lowest BCUT2D eigenvalue weighted by Gasteiger charge is -2.16. The molecule has 2 aromatic rings. The number of para-hydroxylation sites is 1. The number of nitrogens with zero attached hydrogens (tertiary/aromatic N) is 1. The minimum Gasteiger partial charge on any atom is -0.507 e. The molecule has 1 aliphatic heterocycles. The fourth-order valence-electron chi connectivity index (χ4n) is 2.36. The molecule has 0 spiro atoms. The molecule has 0 bridgehead atoms. The smallest absolute Gasteiger partial charge is 0.285 e. The maximum atomic E-state index is 12.6. The number of hydrogen-bond donors (Lipinski definition) is 2. The minimum absolute atomic E-state index is 0.0515. The van der Waals surface area contributed by atoms with E-state index in [1.54, 1.807) is 36.4 Å². The number of carbonyl (C=O) groups is 2. The van der Waals surface area contributed by atoms with Gasteiger partial charge in [0, 0.05) is 0 Å². The Bertz CT molecular complexity index is 970. The highest BCUT2D eigenvalue weighted by molar-refractivity contribution is 8.26. The van der Waals surface area contributed by atoms with E-state index in [2.05, 4.69) is 12.0 Å². The van der Waals surface area contributed by atoms with Crippen molar-refractivity contribution in [1.29, 1.82) is 0 Å². The van der Waals surface area contributed by atoms with Gasteiger partial charge in [-0.25, -0.2) is 0 Å². The van der Waals surface area contributed by atoms with Crippen LogP contribution in [0.1, 0.15) is 15.9 Å². The summed E-state index contributed by atoms with van der Waals surface area (Å²) in [5, 5.41) is 10.8. The van der Waals surface area contributed by atoms with Crippen molar-refractivity contribution in [1.82, 2.24) is 10.4 Å². The van der Waals surface area contributed by atoms with Crippen molar-refractivity contribution in [2.75, 3.05) is 6.61 Å². The van der Waals surface area contributed by atoms with Gasteiger partial charge in [-0.15, -0.1) is 0 Å². The van der Waals surface area contributed by atoms with E-state index >= 15 is 0 Å². The first-order valence-electron chi connectivity index (χ1n) is 8.20. The zero-order valence-corrected chi connectivity index (χ0v) is 16.3. The topological polar surface area (TPSA) is 78.9 Å². The number of aromatic hydroxyl groups is 1. The van der Waals surface area contributed by atoms with E-state index in [9.17, 15) is 14.7 Å². The van der Waals surface area contributed by atoms with Gasteiger partial charge in [0.05, 0.1) is 10.5 Å². The molecule has 2 amide bonds. The normalized spacial score (nSPS) is 15.0. The van der Waals surface area contributed by atoms with E-state index in [0.717, 1.165) is 22.3 Å². The number of nitrogens with one attached hydrogen (secondary N) is 1. The number of phenols is 1. The minimum atomic E-state index is -0.626. The molecule has 1 saturated heterocycles. The number of hydrazine groups is 1. The van der Waals surface area contributed by atoms with Gasteiger partial charge in [0.1, 0.15) is 18.1 Å². The summed E-state index contributed by atoms with van der Waals surface area (Å²) in [6.45, 7) is 4.00. The molecule has 0 aromatic heterocycles. The second kappa shape index (κ2) is 8.73. The summed E-state index contributed by atoms with van der Waals surface area (Å²) >= 11 is 6.28. The van der Waals surface area contributed by atoms with E-state index in [1.165, 1.54) is 12.1 Å². The highest BCUT2D eigenvalue weighted by Crippen LogP contribution is 2.32. The maximum absolute atomic E-state index is 12.6. The highest BCUT2D eigenvalue weighted by atomic mass is 32.2. The Hall–Kier alpha value is -3.10. The Morgan fingerprint density at radius 1 is 1.25 bits per heavy atom. The number of rotatable bonds is 6. The van der Waals surface area contributed by atoms with Crippen LogP contribution in [0.5, 0.6) is 11.5 Å². The van der Waals surface area contributed by atoms with Crippen LogP contribution in [0.15, 0.2) is 66.1 Å². The van der Waals surface area contributed by atoms with Crippen LogP contribution in [0, 0.1) is 0 Å². The number of phenolic OH excluding ortho intramolecular Hbond substituents is 1. The summed E-state index contributed by atoms with van der Waals surface area (Å²) in [4.78, 5) is 25.3. The SMILES string of the molecule is C=CCOc1ccc(/C=C2\SC(=S)N(NC(=O)c3ccccc3O)C2=O)cc1. The van der Waals surface area contributed by atoms with E-state index in [-0.39, 0.29) is 15.6 Å². The molecule has 0 radical (unpaired) electrons. The summed E-state index contributed by atoms with van der Waals surface area (Å²) in [7, 11) is 0. The molecule has 1 aliphatic rings. The van der Waals surface area contributed by atoms with Gasteiger partial charge < -0.3 is 9.84 Å². The molecule has 0 atom stereocenters. The first-order chi connectivity index (χ1) is 13.5. The number of ether oxygens (including phenoxy) is 1. The summed E-state index contributed by atoms with van der Waals surface area (Å²) in [6.07, 6.45) is 3.34. The third-order valence-corrected chi connectivity index (χ3v) is 5.00. The maximum Gasteiger partial charge on any atom is 0.285 e. The highest BCUT2D eigenvalue weighted by Gasteiger charge is 2.34. The number of amides is 2. The molecule has 28 heavy (non-hydrogen) atoms. The van der Waals surface area contributed by atoms with Gasteiger partial charge >= 0.3 is 0 Å². The molecule has 1 heterocycles. The summed E-state index contributed by atoms with van der Waals surface area (Å²) < 4.78 is 5.62. The number of carbonyl (C=O) groups excluding carboxylic acids is 2. The largest absolute Gasteiger partial charge is 0.507 e. The lowest BCUT2D eigenvalue weighted by molar-refractivity contribution is -0.123. The lowest BCUT2D eigenvalue weighted by atomic mass is 10.2. The predicted molar refractivity (Wildman–Crippen MR) is 113 cm³/mol. The van der Waals surface area contributed by atoms with E-state index in [1.807, 2.05) is 12.1 Å². The predicted octanol–water partition coefficient (Wildman–Crippen LogP) is 3.50. The van der Waals surface area contributed by atoms with Gasteiger partial charge in [0.2, 0.25) is 0 Å². The average Bonchev–Trinajstić information content (AvgIpc) is 2.95. The standard InChI is InChI=1S/C20H16N2O4S2/c1-2-11-26-14-9-7-13(8-10-14)12-17-19(25)22(20(27)28-17)21-18(24)15-5-3-4-6-16(15)23/h2-10,12,23H,1,11H2,(H,21,24)/b17-12-. The zero-order chi connectivity index (χ0) is 20.1. The molecule has 8 heteroatoms. The van der Waals surface area contributed by atoms with Crippen molar-refractivity contribution < 1.29 is 19.4 Å². The molecule has 0 saturated carbocycles. The van der Waals surface area contributed by atoms with Crippen LogP contribution in [0.4, 0.5) is 0 Å². The monoisotopic (exact) mass is 412 g/mol. The van der Waals surface area contributed by atoms with Gasteiger partial charge in [0.15, 0.2) is 4.32 Å². The van der Waals surface area contributed by atoms with Gasteiger partial charge in [0.25, 0.3) is 11.8 Å². The fourth-order valence-corrected chi connectivity index (χ4v) is 3.54. The number of benzene rings is 2. The van der Waals surface area contributed by atoms with Crippen LogP contribution >= 0.6 is 24.0 Å². The second-order valence-electron chi connectivity index (χ2n) is 5.64. The second-order valence-corrected chi connectivity index (χ2v) is 7.32. The van der Waals surface area contributed by atoms with Crippen molar-refractivity contribution in [3.63, 3.8) is 0 Å².